The molecule has 4 nitrogen and oxygen atoms in total. The molecule has 0 heterocycles. The number of aliphatic hydroxyl groups excluding tert-OH is 1. The summed E-state index contributed by atoms with van der Waals surface area (Å²) in [6.07, 6.45) is 0. The highest BCUT2D eigenvalue weighted by atomic mass is 35.5. The number of hydrogen-bond acceptors (Lipinski definition) is 4. The molecule has 1 atom stereocenters. The first-order valence-electron chi connectivity index (χ1n) is 5.88. The summed E-state index contributed by atoms with van der Waals surface area (Å²) in [5.41, 5.74) is 0.645. The molecular formula is C13H18ClNO3S. The van der Waals surface area contributed by atoms with Crippen molar-refractivity contribution < 1.29 is 14.6 Å². The molecule has 1 rings (SSSR count). The molecule has 0 aliphatic rings. The average Bonchev–Trinajstić information content (AvgIpc) is 2.38. The molecule has 0 aliphatic heterocycles. The predicted octanol–water partition coefficient (Wildman–Crippen LogP) is 2.65. The zero-order valence-electron chi connectivity index (χ0n) is 11.0. The van der Waals surface area contributed by atoms with Gasteiger partial charge in [0.15, 0.2) is 0 Å². The van der Waals surface area contributed by atoms with Crippen LogP contribution in [0.1, 0.15) is 6.92 Å². The Morgan fingerprint density at radius 3 is 2.89 bits per heavy atom. The molecule has 0 fully saturated rings. The fourth-order valence-electron chi connectivity index (χ4n) is 1.35. The van der Waals surface area contributed by atoms with Crippen molar-refractivity contribution in [3.63, 3.8) is 0 Å². The standard InChI is InChI=1S/C13H18ClNO3S/c1-9(6-16)7-19-8-13(17)15-10-3-4-12(18-2)11(14)5-10/h3-5,9,16H,6-8H2,1-2H3,(H,15,17). The third-order valence-corrected chi connectivity index (χ3v) is 3.95. The summed E-state index contributed by atoms with van der Waals surface area (Å²) in [5.74, 6) is 1.80. The maximum atomic E-state index is 11.7. The largest absolute Gasteiger partial charge is 0.495 e. The SMILES string of the molecule is COc1ccc(NC(=O)CSCC(C)CO)cc1Cl. The van der Waals surface area contributed by atoms with E-state index >= 15 is 0 Å². The molecule has 1 aromatic rings. The Bertz CT molecular complexity index is 428. The predicted molar refractivity (Wildman–Crippen MR) is 80.2 cm³/mol. The number of nitrogens with one attached hydrogen (secondary N) is 1. The maximum Gasteiger partial charge on any atom is 0.234 e. The molecule has 0 aliphatic carbocycles. The Morgan fingerprint density at radius 1 is 1.58 bits per heavy atom. The lowest BCUT2D eigenvalue weighted by atomic mass is 10.2. The summed E-state index contributed by atoms with van der Waals surface area (Å²) in [6, 6.07) is 5.10. The van der Waals surface area contributed by atoms with Gasteiger partial charge in [0.1, 0.15) is 5.75 Å². The van der Waals surface area contributed by atoms with Gasteiger partial charge < -0.3 is 15.2 Å². The molecular weight excluding hydrogens is 286 g/mol. The maximum absolute atomic E-state index is 11.7. The quantitative estimate of drug-likeness (QED) is 0.813. The van der Waals surface area contributed by atoms with Gasteiger partial charge in [-0.15, -0.1) is 0 Å². The number of carbonyl (C=O) groups excluding carboxylic acids is 1. The molecule has 1 unspecified atom stereocenters. The van der Waals surface area contributed by atoms with Gasteiger partial charge in [-0.1, -0.05) is 18.5 Å². The zero-order chi connectivity index (χ0) is 14.3. The molecule has 0 bridgehead atoms. The lowest BCUT2D eigenvalue weighted by molar-refractivity contribution is -0.113. The van der Waals surface area contributed by atoms with E-state index in [1.807, 2.05) is 6.92 Å². The van der Waals surface area contributed by atoms with E-state index < -0.39 is 0 Å². The molecule has 0 aromatic heterocycles. The summed E-state index contributed by atoms with van der Waals surface area (Å²) in [7, 11) is 1.54. The van der Waals surface area contributed by atoms with Crippen molar-refractivity contribution in [2.75, 3.05) is 30.5 Å². The number of ether oxygens (including phenoxy) is 1. The summed E-state index contributed by atoms with van der Waals surface area (Å²) < 4.78 is 5.04. The van der Waals surface area contributed by atoms with Crippen LogP contribution >= 0.6 is 23.4 Å². The summed E-state index contributed by atoms with van der Waals surface area (Å²) >= 11 is 7.46. The minimum Gasteiger partial charge on any atom is -0.495 e. The van der Waals surface area contributed by atoms with Crippen molar-refractivity contribution in [2.24, 2.45) is 5.92 Å². The second-order valence-corrected chi connectivity index (χ2v) is 5.64. The minimum absolute atomic E-state index is 0.0867. The Balaban J connectivity index is 2.42. The van der Waals surface area contributed by atoms with Crippen LogP contribution in [0.4, 0.5) is 5.69 Å². The summed E-state index contributed by atoms with van der Waals surface area (Å²) in [6.45, 7) is 2.08. The smallest absolute Gasteiger partial charge is 0.234 e. The first-order chi connectivity index (χ1) is 9.06. The van der Waals surface area contributed by atoms with Crippen LogP contribution in [0.2, 0.25) is 5.02 Å². The highest BCUT2D eigenvalue weighted by molar-refractivity contribution is 7.99. The third-order valence-electron chi connectivity index (χ3n) is 2.38. The molecule has 0 saturated carbocycles. The summed E-state index contributed by atoms with van der Waals surface area (Å²) in [4.78, 5) is 11.7. The Labute approximate surface area is 122 Å². The van der Waals surface area contributed by atoms with Crippen molar-refractivity contribution in [2.45, 2.75) is 6.92 Å². The van der Waals surface area contributed by atoms with Crippen molar-refractivity contribution in [3.05, 3.63) is 23.2 Å². The topological polar surface area (TPSA) is 58.6 Å². The number of thioether (sulfide) groups is 1. The molecule has 2 N–H and O–H groups in total. The number of anilines is 1. The van der Waals surface area contributed by atoms with E-state index in [9.17, 15) is 4.79 Å². The number of hydrogen-bond donors (Lipinski definition) is 2. The van der Waals surface area contributed by atoms with Gasteiger partial charge in [0, 0.05) is 12.3 Å². The van der Waals surface area contributed by atoms with E-state index in [1.165, 1.54) is 11.8 Å². The zero-order valence-corrected chi connectivity index (χ0v) is 12.6. The Morgan fingerprint density at radius 2 is 2.32 bits per heavy atom. The van der Waals surface area contributed by atoms with E-state index in [4.69, 9.17) is 21.4 Å². The van der Waals surface area contributed by atoms with Gasteiger partial charge in [-0.3, -0.25) is 4.79 Å². The first-order valence-corrected chi connectivity index (χ1v) is 7.42. The number of aliphatic hydroxyl groups is 1. The van der Waals surface area contributed by atoms with Crippen molar-refractivity contribution in [3.8, 4) is 5.75 Å². The molecule has 19 heavy (non-hydrogen) atoms. The molecule has 6 heteroatoms. The Hall–Kier alpha value is -0.910. The minimum atomic E-state index is -0.0867. The number of rotatable bonds is 7. The molecule has 106 valence electrons. The number of halogens is 1. The van der Waals surface area contributed by atoms with E-state index in [0.717, 1.165) is 5.75 Å². The van der Waals surface area contributed by atoms with Gasteiger partial charge in [0.2, 0.25) is 5.91 Å². The number of methoxy groups -OCH3 is 1. The fraction of sp³-hybridized carbons (Fsp3) is 0.462. The third kappa shape index (κ3) is 5.72. The number of carbonyl (C=O) groups is 1. The van der Waals surface area contributed by atoms with Crippen LogP contribution in [0, 0.1) is 5.92 Å². The normalized spacial score (nSPS) is 12.0. The van der Waals surface area contributed by atoms with Crippen LogP contribution in [0.3, 0.4) is 0 Å². The van der Waals surface area contributed by atoms with Crippen LogP contribution in [0.15, 0.2) is 18.2 Å². The van der Waals surface area contributed by atoms with Crippen molar-refractivity contribution >= 4 is 35.0 Å². The van der Waals surface area contributed by atoms with Crippen molar-refractivity contribution in [1.29, 1.82) is 0 Å². The van der Waals surface area contributed by atoms with Gasteiger partial charge in [-0.25, -0.2) is 0 Å². The van der Waals surface area contributed by atoms with Gasteiger partial charge in [0.25, 0.3) is 0 Å². The fourth-order valence-corrected chi connectivity index (χ4v) is 2.49. The van der Waals surface area contributed by atoms with Crippen LogP contribution < -0.4 is 10.1 Å². The number of benzene rings is 1. The van der Waals surface area contributed by atoms with E-state index in [2.05, 4.69) is 5.32 Å². The lowest BCUT2D eigenvalue weighted by Crippen LogP contribution is -2.15. The highest BCUT2D eigenvalue weighted by Crippen LogP contribution is 2.27. The highest BCUT2D eigenvalue weighted by Gasteiger charge is 2.07. The van der Waals surface area contributed by atoms with E-state index in [0.29, 0.717) is 22.2 Å². The van der Waals surface area contributed by atoms with Crippen LogP contribution in [-0.2, 0) is 4.79 Å². The van der Waals surface area contributed by atoms with Crippen LogP contribution in [-0.4, -0.2) is 36.2 Å². The second kappa shape index (κ2) is 8.30. The second-order valence-electron chi connectivity index (χ2n) is 4.20. The van der Waals surface area contributed by atoms with Gasteiger partial charge in [0.05, 0.1) is 17.9 Å². The van der Waals surface area contributed by atoms with Gasteiger partial charge in [-0.2, -0.15) is 11.8 Å². The Kier molecular flexibility index (Phi) is 7.05. The van der Waals surface area contributed by atoms with Crippen LogP contribution in [0.5, 0.6) is 5.75 Å². The molecule has 1 aromatic carbocycles. The molecule has 0 spiro atoms. The molecule has 0 saturated heterocycles. The lowest BCUT2D eigenvalue weighted by Gasteiger charge is -2.09. The van der Waals surface area contributed by atoms with Gasteiger partial charge in [-0.05, 0) is 29.9 Å². The molecule has 1 amide bonds. The molecule has 0 radical (unpaired) electrons. The number of amides is 1. The first kappa shape index (κ1) is 16.1. The summed E-state index contributed by atoms with van der Waals surface area (Å²) in [5, 5.41) is 12.1. The monoisotopic (exact) mass is 303 g/mol. The van der Waals surface area contributed by atoms with Crippen molar-refractivity contribution in [1.82, 2.24) is 0 Å². The van der Waals surface area contributed by atoms with E-state index in [1.54, 1.807) is 25.3 Å². The van der Waals surface area contributed by atoms with Gasteiger partial charge >= 0.3 is 0 Å². The van der Waals surface area contributed by atoms with E-state index in [-0.39, 0.29) is 18.4 Å². The average molecular weight is 304 g/mol. The van der Waals surface area contributed by atoms with Crippen LogP contribution in [0.25, 0.3) is 0 Å².